The average Bonchev–Trinajstić information content (AvgIpc) is 3.20. The maximum Gasteiger partial charge on any atom is 0.223 e. The topological polar surface area (TPSA) is 43.9 Å². The molecule has 1 aromatic carbocycles. The van der Waals surface area contributed by atoms with Crippen LogP contribution in [0, 0.1) is 0 Å². The van der Waals surface area contributed by atoms with Gasteiger partial charge in [0.2, 0.25) is 11.8 Å². The number of halogens is 1. The monoisotopic (exact) mass is 417 g/mol. The SMILES string of the molecule is O=C(CCC(=O)N1CCc2sccc2C1)N1CCN(c2cccc(Cl)c2)CC1. The van der Waals surface area contributed by atoms with Crippen LogP contribution in [-0.2, 0) is 22.6 Å². The van der Waals surface area contributed by atoms with Gasteiger partial charge in [-0.2, -0.15) is 0 Å². The predicted molar refractivity (Wildman–Crippen MR) is 113 cm³/mol. The number of carbonyl (C=O) groups excluding carboxylic acids is 2. The number of hydrogen-bond donors (Lipinski definition) is 0. The molecular weight excluding hydrogens is 394 g/mol. The molecule has 0 unspecified atom stereocenters. The van der Waals surface area contributed by atoms with Gasteiger partial charge in [-0.1, -0.05) is 17.7 Å². The third-order valence-electron chi connectivity index (χ3n) is 5.52. The van der Waals surface area contributed by atoms with Crippen LogP contribution >= 0.6 is 22.9 Å². The summed E-state index contributed by atoms with van der Waals surface area (Å²) in [5.74, 6) is 0.162. The number of hydrogen-bond acceptors (Lipinski definition) is 4. The molecule has 2 aromatic rings. The first-order valence-corrected chi connectivity index (χ1v) is 11.0. The van der Waals surface area contributed by atoms with Gasteiger partial charge in [-0.25, -0.2) is 0 Å². The van der Waals surface area contributed by atoms with Gasteiger partial charge in [0.1, 0.15) is 0 Å². The average molecular weight is 418 g/mol. The first kappa shape index (κ1) is 19.3. The molecular formula is C21H24ClN3O2S. The molecule has 0 N–H and O–H groups in total. The van der Waals surface area contributed by atoms with Gasteiger partial charge < -0.3 is 14.7 Å². The van der Waals surface area contributed by atoms with E-state index in [1.807, 2.05) is 34.1 Å². The predicted octanol–water partition coefficient (Wildman–Crippen LogP) is 3.42. The summed E-state index contributed by atoms with van der Waals surface area (Å²) in [5.41, 5.74) is 2.35. The zero-order valence-corrected chi connectivity index (χ0v) is 17.3. The molecule has 5 nitrogen and oxygen atoms in total. The van der Waals surface area contributed by atoms with Crippen molar-refractivity contribution in [3.8, 4) is 0 Å². The maximum atomic E-state index is 12.6. The molecule has 0 bridgehead atoms. The van der Waals surface area contributed by atoms with Gasteiger partial charge in [-0.3, -0.25) is 9.59 Å². The van der Waals surface area contributed by atoms with Crippen molar-refractivity contribution in [2.75, 3.05) is 37.6 Å². The first-order valence-electron chi connectivity index (χ1n) is 9.71. The van der Waals surface area contributed by atoms with Crippen LogP contribution in [-0.4, -0.2) is 54.3 Å². The first-order chi connectivity index (χ1) is 13.6. The minimum absolute atomic E-state index is 0.0762. The highest BCUT2D eigenvalue weighted by atomic mass is 35.5. The van der Waals surface area contributed by atoms with Gasteiger partial charge in [-0.05, 0) is 41.6 Å². The molecule has 7 heteroatoms. The number of thiophene rings is 1. The Balaban J connectivity index is 1.23. The van der Waals surface area contributed by atoms with E-state index in [9.17, 15) is 9.59 Å². The summed E-state index contributed by atoms with van der Waals surface area (Å²) in [7, 11) is 0. The molecule has 2 aliphatic rings. The number of nitrogens with zero attached hydrogens (tertiary/aromatic N) is 3. The molecule has 1 fully saturated rings. The van der Waals surface area contributed by atoms with Gasteiger partial charge >= 0.3 is 0 Å². The van der Waals surface area contributed by atoms with Crippen molar-refractivity contribution < 1.29 is 9.59 Å². The van der Waals surface area contributed by atoms with Crippen molar-refractivity contribution in [2.24, 2.45) is 0 Å². The third kappa shape index (κ3) is 4.33. The summed E-state index contributed by atoms with van der Waals surface area (Å²) < 4.78 is 0. The number of amides is 2. The number of rotatable bonds is 4. The Morgan fingerprint density at radius 2 is 1.71 bits per heavy atom. The van der Waals surface area contributed by atoms with Crippen LogP contribution in [0.25, 0.3) is 0 Å². The summed E-state index contributed by atoms with van der Waals surface area (Å²) in [6.07, 6.45) is 1.52. The molecule has 0 atom stereocenters. The van der Waals surface area contributed by atoms with E-state index in [2.05, 4.69) is 16.3 Å². The minimum Gasteiger partial charge on any atom is -0.368 e. The highest BCUT2D eigenvalue weighted by Gasteiger charge is 2.25. The summed E-state index contributed by atoms with van der Waals surface area (Å²) >= 11 is 7.84. The van der Waals surface area contributed by atoms with E-state index in [-0.39, 0.29) is 11.8 Å². The largest absolute Gasteiger partial charge is 0.368 e. The lowest BCUT2D eigenvalue weighted by Gasteiger charge is -2.36. The number of piperazine rings is 1. The summed E-state index contributed by atoms with van der Waals surface area (Å²) in [6, 6.07) is 9.91. The van der Waals surface area contributed by atoms with E-state index in [1.165, 1.54) is 10.4 Å². The van der Waals surface area contributed by atoms with Gasteiger partial charge in [0, 0.05) is 67.7 Å². The fourth-order valence-corrected chi connectivity index (χ4v) is 4.95. The molecule has 0 spiro atoms. The second-order valence-corrected chi connectivity index (χ2v) is 8.72. The van der Waals surface area contributed by atoms with E-state index in [0.29, 0.717) is 32.5 Å². The van der Waals surface area contributed by atoms with E-state index >= 15 is 0 Å². The minimum atomic E-state index is 0.0762. The number of anilines is 1. The Kier molecular flexibility index (Phi) is 5.87. The lowest BCUT2D eigenvalue weighted by Crippen LogP contribution is -2.49. The van der Waals surface area contributed by atoms with Crippen LogP contribution in [0.3, 0.4) is 0 Å². The Hall–Kier alpha value is -2.05. The third-order valence-corrected chi connectivity index (χ3v) is 6.78. The molecule has 0 radical (unpaired) electrons. The fourth-order valence-electron chi connectivity index (χ4n) is 3.88. The quantitative estimate of drug-likeness (QED) is 0.765. The standard InChI is InChI=1S/C21H24ClN3O2S/c22-17-2-1-3-18(14-17)23-9-11-24(12-10-23)20(26)4-5-21(27)25-8-6-19-16(15-25)7-13-28-19/h1-3,7,13-14H,4-6,8-12,15H2. The number of benzene rings is 1. The van der Waals surface area contributed by atoms with Crippen LogP contribution in [0.15, 0.2) is 35.7 Å². The Labute approximate surface area is 174 Å². The molecule has 2 amide bonds. The van der Waals surface area contributed by atoms with Crippen molar-refractivity contribution in [1.82, 2.24) is 9.80 Å². The van der Waals surface area contributed by atoms with E-state index < -0.39 is 0 Å². The molecule has 148 valence electrons. The van der Waals surface area contributed by atoms with Crippen LogP contribution in [0.5, 0.6) is 0 Å². The summed E-state index contributed by atoms with van der Waals surface area (Å²) in [4.78, 5) is 32.5. The lowest BCUT2D eigenvalue weighted by atomic mass is 10.1. The van der Waals surface area contributed by atoms with Gasteiger partial charge in [0.05, 0.1) is 0 Å². The van der Waals surface area contributed by atoms with Gasteiger partial charge in [0.25, 0.3) is 0 Å². The van der Waals surface area contributed by atoms with E-state index in [1.54, 1.807) is 11.3 Å². The Morgan fingerprint density at radius 1 is 0.964 bits per heavy atom. The second kappa shape index (κ2) is 8.53. The van der Waals surface area contributed by atoms with Gasteiger partial charge in [0.15, 0.2) is 0 Å². The molecule has 2 aliphatic heterocycles. The van der Waals surface area contributed by atoms with Crippen molar-refractivity contribution in [3.05, 3.63) is 51.2 Å². The highest BCUT2D eigenvalue weighted by molar-refractivity contribution is 7.10. The highest BCUT2D eigenvalue weighted by Crippen LogP contribution is 2.25. The normalized spacial score (nSPS) is 16.8. The van der Waals surface area contributed by atoms with Crippen molar-refractivity contribution in [3.63, 3.8) is 0 Å². The van der Waals surface area contributed by atoms with Crippen molar-refractivity contribution >= 4 is 40.4 Å². The smallest absolute Gasteiger partial charge is 0.223 e. The van der Waals surface area contributed by atoms with E-state index in [4.69, 9.17) is 11.6 Å². The zero-order valence-electron chi connectivity index (χ0n) is 15.8. The fraction of sp³-hybridized carbons (Fsp3) is 0.429. The summed E-state index contributed by atoms with van der Waals surface area (Å²) in [5, 5.41) is 2.81. The second-order valence-electron chi connectivity index (χ2n) is 7.28. The lowest BCUT2D eigenvalue weighted by molar-refractivity contribution is -0.137. The number of carbonyl (C=O) groups is 2. The van der Waals surface area contributed by atoms with Crippen LogP contribution in [0.2, 0.25) is 5.02 Å². The van der Waals surface area contributed by atoms with Gasteiger partial charge in [-0.15, -0.1) is 11.3 Å². The summed E-state index contributed by atoms with van der Waals surface area (Å²) in [6.45, 7) is 4.38. The zero-order chi connectivity index (χ0) is 19.5. The Bertz CT molecular complexity index is 861. The Morgan fingerprint density at radius 3 is 2.46 bits per heavy atom. The molecule has 28 heavy (non-hydrogen) atoms. The van der Waals surface area contributed by atoms with Crippen molar-refractivity contribution in [1.29, 1.82) is 0 Å². The molecule has 4 rings (SSSR count). The molecule has 1 saturated heterocycles. The molecule has 3 heterocycles. The molecule has 0 aliphatic carbocycles. The van der Waals surface area contributed by atoms with Crippen molar-refractivity contribution in [2.45, 2.75) is 25.8 Å². The van der Waals surface area contributed by atoms with Crippen LogP contribution < -0.4 is 4.90 Å². The van der Waals surface area contributed by atoms with E-state index in [0.717, 1.165) is 36.8 Å². The van der Waals surface area contributed by atoms with Crippen LogP contribution in [0.1, 0.15) is 23.3 Å². The molecule has 0 saturated carbocycles. The van der Waals surface area contributed by atoms with Crippen LogP contribution in [0.4, 0.5) is 5.69 Å². The number of fused-ring (bicyclic) bond motifs is 1. The molecule has 1 aromatic heterocycles. The maximum absolute atomic E-state index is 12.6.